The molecule has 0 aliphatic carbocycles. The summed E-state index contributed by atoms with van der Waals surface area (Å²) in [7, 11) is 0. The number of halogens is 1. The fraction of sp³-hybridized carbons (Fsp3) is 0.0526. The molecule has 7 nitrogen and oxygen atoms in total. The van der Waals surface area contributed by atoms with E-state index in [1.54, 1.807) is 36.4 Å². The average Bonchev–Trinajstić information content (AvgIpc) is 2.64. The molecule has 27 heavy (non-hydrogen) atoms. The molecule has 0 saturated carbocycles. The number of hydrogen-bond donors (Lipinski definition) is 2. The summed E-state index contributed by atoms with van der Waals surface area (Å²) in [5.74, 6) is -0.948. The number of primary amides is 1. The summed E-state index contributed by atoms with van der Waals surface area (Å²) in [6, 6.07) is 14.4. The maximum atomic E-state index is 12.3. The summed E-state index contributed by atoms with van der Waals surface area (Å²) in [5.41, 5.74) is 6.89. The van der Waals surface area contributed by atoms with Crippen molar-refractivity contribution >= 4 is 29.1 Å². The van der Waals surface area contributed by atoms with Crippen molar-refractivity contribution in [2.75, 3.05) is 5.32 Å². The van der Waals surface area contributed by atoms with Gasteiger partial charge in [-0.15, -0.1) is 0 Å². The predicted octanol–water partition coefficient (Wildman–Crippen LogP) is 2.30. The molecule has 0 aliphatic heterocycles. The first-order chi connectivity index (χ1) is 12.9. The number of carbonyl (C=O) groups excluding carboxylic acids is 2. The van der Waals surface area contributed by atoms with E-state index in [-0.39, 0.29) is 12.1 Å². The normalized spacial score (nSPS) is 10.4. The highest BCUT2D eigenvalue weighted by Crippen LogP contribution is 2.18. The third kappa shape index (κ3) is 4.59. The molecule has 0 radical (unpaired) electrons. The number of nitrogens with zero attached hydrogens (tertiary/aromatic N) is 2. The van der Waals surface area contributed by atoms with Crippen LogP contribution in [-0.2, 0) is 11.3 Å². The molecule has 1 aromatic heterocycles. The van der Waals surface area contributed by atoms with Crippen molar-refractivity contribution in [1.82, 2.24) is 9.55 Å². The Labute approximate surface area is 159 Å². The molecular weight excluding hydrogens is 368 g/mol. The highest BCUT2D eigenvalue weighted by atomic mass is 35.5. The Balaban J connectivity index is 1.69. The standard InChI is InChI=1S/C19H15ClN4O3/c20-14-5-1-12(2-6-14)16-9-18(26)24(11-22-16)10-17(25)23-15-7-3-13(4-8-15)19(21)27/h1-9,11H,10H2,(H2,21,27)(H,23,25). The van der Waals surface area contributed by atoms with E-state index >= 15 is 0 Å². The van der Waals surface area contributed by atoms with E-state index in [4.69, 9.17) is 17.3 Å². The molecule has 0 atom stereocenters. The van der Waals surface area contributed by atoms with Gasteiger partial charge in [0.2, 0.25) is 11.8 Å². The van der Waals surface area contributed by atoms with Gasteiger partial charge in [0.1, 0.15) is 6.54 Å². The molecule has 8 heteroatoms. The smallest absolute Gasteiger partial charge is 0.254 e. The molecule has 3 rings (SSSR count). The molecule has 0 bridgehead atoms. The average molecular weight is 383 g/mol. The van der Waals surface area contributed by atoms with Crippen LogP contribution < -0.4 is 16.6 Å². The number of benzene rings is 2. The molecule has 0 unspecified atom stereocenters. The van der Waals surface area contributed by atoms with E-state index < -0.39 is 11.8 Å². The summed E-state index contributed by atoms with van der Waals surface area (Å²) in [5, 5.41) is 3.23. The fourth-order valence-corrected chi connectivity index (χ4v) is 2.52. The van der Waals surface area contributed by atoms with Gasteiger partial charge in [-0.1, -0.05) is 23.7 Å². The number of rotatable bonds is 5. The lowest BCUT2D eigenvalue weighted by Gasteiger charge is -2.08. The Morgan fingerprint density at radius 1 is 1.07 bits per heavy atom. The van der Waals surface area contributed by atoms with Crippen LogP contribution in [0.15, 0.2) is 65.7 Å². The first-order valence-electron chi connectivity index (χ1n) is 7.94. The lowest BCUT2D eigenvalue weighted by atomic mass is 10.1. The van der Waals surface area contributed by atoms with E-state index in [9.17, 15) is 14.4 Å². The Morgan fingerprint density at radius 2 is 1.74 bits per heavy atom. The Bertz CT molecular complexity index is 1040. The Morgan fingerprint density at radius 3 is 2.33 bits per heavy atom. The van der Waals surface area contributed by atoms with Crippen molar-refractivity contribution in [1.29, 1.82) is 0 Å². The molecule has 2 aromatic carbocycles. The molecule has 136 valence electrons. The zero-order valence-corrected chi connectivity index (χ0v) is 14.8. The SMILES string of the molecule is NC(=O)c1ccc(NC(=O)Cn2cnc(-c3ccc(Cl)cc3)cc2=O)cc1. The second-order valence-electron chi connectivity index (χ2n) is 5.74. The first kappa shape index (κ1) is 18.3. The van der Waals surface area contributed by atoms with Gasteiger partial charge < -0.3 is 11.1 Å². The summed E-state index contributed by atoms with van der Waals surface area (Å²) >= 11 is 5.85. The van der Waals surface area contributed by atoms with Crippen LogP contribution in [0.1, 0.15) is 10.4 Å². The molecule has 1 heterocycles. The highest BCUT2D eigenvalue weighted by molar-refractivity contribution is 6.30. The molecule has 0 aliphatic rings. The van der Waals surface area contributed by atoms with Crippen molar-refractivity contribution < 1.29 is 9.59 Å². The number of nitrogens with one attached hydrogen (secondary N) is 1. The monoisotopic (exact) mass is 382 g/mol. The zero-order chi connectivity index (χ0) is 19.4. The van der Waals surface area contributed by atoms with Gasteiger partial charge in [0.25, 0.3) is 5.56 Å². The largest absolute Gasteiger partial charge is 0.366 e. The predicted molar refractivity (Wildman–Crippen MR) is 103 cm³/mol. The summed E-state index contributed by atoms with van der Waals surface area (Å²) in [4.78, 5) is 39.7. The van der Waals surface area contributed by atoms with Gasteiger partial charge in [-0.3, -0.25) is 19.0 Å². The topological polar surface area (TPSA) is 107 Å². The van der Waals surface area contributed by atoms with Gasteiger partial charge in [0.15, 0.2) is 0 Å². The van der Waals surface area contributed by atoms with Crippen LogP contribution in [0, 0.1) is 0 Å². The van der Waals surface area contributed by atoms with Gasteiger partial charge in [-0.2, -0.15) is 0 Å². The van der Waals surface area contributed by atoms with E-state index in [0.29, 0.717) is 22.0 Å². The second kappa shape index (κ2) is 7.84. The lowest BCUT2D eigenvalue weighted by Crippen LogP contribution is -2.27. The van der Waals surface area contributed by atoms with Gasteiger partial charge in [-0.05, 0) is 36.4 Å². The number of anilines is 1. The van der Waals surface area contributed by atoms with Gasteiger partial charge >= 0.3 is 0 Å². The zero-order valence-electron chi connectivity index (χ0n) is 14.1. The maximum absolute atomic E-state index is 12.3. The first-order valence-corrected chi connectivity index (χ1v) is 8.32. The summed E-state index contributed by atoms with van der Waals surface area (Å²) < 4.78 is 1.20. The lowest BCUT2D eigenvalue weighted by molar-refractivity contribution is -0.116. The summed E-state index contributed by atoms with van der Waals surface area (Å²) in [6.45, 7) is -0.190. The van der Waals surface area contributed by atoms with Gasteiger partial charge in [0, 0.05) is 27.9 Å². The van der Waals surface area contributed by atoms with E-state index in [0.717, 1.165) is 5.56 Å². The fourth-order valence-electron chi connectivity index (χ4n) is 2.40. The number of aromatic nitrogens is 2. The van der Waals surface area contributed by atoms with E-state index in [1.807, 2.05) is 0 Å². The van der Waals surface area contributed by atoms with Crippen molar-refractivity contribution in [2.24, 2.45) is 5.73 Å². The number of carbonyl (C=O) groups is 2. The third-order valence-corrected chi connectivity index (χ3v) is 4.04. The second-order valence-corrected chi connectivity index (χ2v) is 6.17. The molecule has 0 fully saturated rings. The quantitative estimate of drug-likeness (QED) is 0.705. The van der Waals surface area contributed by atoms with Crippen LogP contribution in [0.3, 0.4) is 0 Å². The number of amides is 2. The molecule has 3 aromatic rings. The number of nitrogens with two attached hydrogens (primary N) is 1. The molecular formula is C19H15ClN4O3. The minimum absolute atomic E-state index is 0.190. The molecule has 0 spiro atoms. The summed E-state index contributed by atoms with van der Waals surface area (Å²) in [6.07, 6.45) is 1.32. The Kier molecular flexibility index (Phi) is 5.33. The Hall–Kier alpha value is -3.45. The highest BCUT2D eigenvalue weighted by Gasteiger charge is 2.08. The van der Waals surface area contributed by atoms with Gasteiger partial charge in [-0.25, -0.2) is 4.98 Å². The van der Waals surface area contributed by atoms with Crippen LogP contribution in [-0.4, -0.2) is 21.4 Å². The molecule has 3 N–H and O–H groups in total. The van der Waals surface area contributed by atoms with Crippen molar-refractivity contribution in [3.05, 3.63) is 81.9 Å². The van der Waals surface area contributed by atoms with Crippen LogP contribution in [0.25, 0.3) is 11.3 Å². The van der Waals surface area contributed by atoms with Crippen LogP contribution in [0.2, 0.25) is 5.02 Å². The van der Waals surface area contributed by atoms with Crippen LogP contribution in [0.4, 0.5) is 5.69 Å². The minimum atomic E-state index is -0.550. The number of hydrogen-bond acceptors (Lipinski definition) is 4. The van der Waals surface area contributed by atoms with Crippen molar-refractivity contribution in [3.8, 4) is 11.3 Å². The van der Waals surface area contributed by atoms with Crippen LogP contribution >= 0.6 is 11.6 Å². The van der Waals surface area contributed by atoms with E-state index in [1.165, 1.54) is 29.1 Å². The van der Waals surface area contributed by atoms with Crippen molar-refractivity contribution in [3.63, 3.8) is 0 Å². The maximum Gasteiger partial charge on any atom is 0.254 e. The van der Waals surface area contributed by atoms with Crippen molar-refractivity contribution in [2.45, 2.75) is 6.54 Å². The van der Waals surface area contributed by atoms with Crippen LogP contribution in [0.5, 0.6) is 0 Å². The minimum Gasteiger partial charge on any atom is -0.366 e. The third-order valence-electron chi connectivity index (χ3n) is 3.79. The molecule has 2 amide bonds. The van der Waals surface area contributed by atoms with Gasteiger partial charge in [0.05, 0.1) is 12.0 Å². The van der Waals surface area contributed by atoms with E-state index in [2.05, 4.69) is 10.3 Å². The molecule has 0 saturated heterocycles.